The van der Waals surface area contributed by atoms with Crippen molar-refractivity contribution in [3.63, 3.8) is 0 Å². The Morgan fingerprint density at radius 3 is 2.64 bits per heavy atom. The van der Waals surface area contributed by atoms with Crippen LogP contribution in [-0.2, 0) is 9.53 Å². The van der Waals surface area contributed by atoms with Crippen LogP contribution in [0.25, 0.3) is 10.2 Å². The third kappa shape index (κ3) is 2.85. The number of carbonyl (C=O) groups excluding carboxylic acids is 1. The molecule has 2 unspecified atom stereocenters. The SMILES string of the molecule is COC(=O)c1sc2ncnc(NC(C(=O)O)C(C)O)c2c1C. The molecule has 2 atom stereocenters. The molecule has 2 aromatic rings. The number of rotatable bonds is 5. The number of nitrogens with zero attached hydrogens (tertiary/aromatic N) is 2. The number of aryl methyl sites for hydroxylation is 1. The molecular formula is C13H15N3O5S. The number of hydrogen-bond donors (Lipinski definition) is 3. The molecule has 2 rings (SSSR count). The first-order valence-corrected chi connectivity index (χ1v) is 7.18. The first-order valence-electron chi connectivity index (χ1n) is 6.36. The second kappa shape index (κ2) is 6.24. The first kappa shape index (κ1) is 16.1. The molecule has 22 heavy (non-hydrogen) atoms. The smallest absolute Gasteiger partial charge is 0.348 e. The third-order valence-electron chi connectivity index (χ3n) is 3.14. The van der Waals surface area contributed by atoms with Crippen LogP contribution in [0.3, 0.4) is 0 Å². The largest absolute Gasteiger partial charge is 0.480 e. The van der Waals surface area contributed by atoms with Gasteiger partial charge < -0.3 is 20.3 Å². The zero-order chi connectivity index (χ0) is 16.4. The van der Waals surface area contributed by atoms with Crippen LogP contribution in [-0.4, -0.2) is 51.4 Å². The molecule has 0 aliphatic rings. The number of carboxylic acid groups (broad SMARTS) is 1. The van der Waals surface area contributed by atoms with E-state index in [9.17, 15) is 14.7 Å². The molecule has 8 nitrogen and oxygen atoms in total. The van der Waals surface area contributed by atoms with Crippen molar-refractivity contribution in [2.24, 2.45) is 0 Å². The Morgan fingerprint density at radius 2 is 2.09 bits per heavy atom. The quantitative estimate of drug-likeness (QED) is 0.697. The zero-order valence-corrected chi connectivity index (χ0v) is 13.0. The molecule has 0 bridgehead atoms. The van der Waals surface area contributed by atoms with E-state index in [2.05, 4.69) is 15.3 Å². The highest BCUT2D eigenvalue weighted by atomic mass is 32.1. The van der Waals surface area contributed by atoms with Gasteiger partial charge in [0.1, 0.15) is 21.9 Å². The molecule has 0 saturated carbocycles. The highest BCUT2D eigenvalue weighted by Crippen LogP contribution is 2.33. The van der Waals surface area contributed by atoms with E-state index < -0.39 is 24.1 Å². The van der Waals surface area contributed by atoms with Crippen molar-refractivity contribution in [3.05, 3.63) is 16.8 Å². The number of aromatic nitrogens is 2. The van der Waals surface area contributed by atoms with Gasteiger partial charge in [-0.15, -0.1) is 11.3 Å². The number of anilines is 1. The number of carbonyl (C=O) groups is 2. The molecule has 0 saturated heterocycles. The lowest BCUT2D eigenvalue weighted by atomic mass is 10.1. The maximum Gasteiger partial charge on any atom is 0.348 e. The van der Waals surface area contributed by atoms with Gasteiger partial charge in [-0.2, -0.15) is 0 Å². The van der Waals surface area contributed by atoms with Crippen molar-refractivity contribution in [2.75, 3.05) is 12.4 Å². The van der Waals surface area contributed by atoms with Gasteiger partial charge in [0.05, 0.1) is 18.6 Å². The molecule has 9 heteroatoms. The van der Waals surface area contributed by atoms with Gasteiger partial charge in [0.25, 0.3) is 0 Å². The van der Waals surface area contributed by atoms with E-state index >= 15 is 0 Å². The second-order valence-electron chi connectivity index (χ2n) is 4.65. The normalized spacial score (nSPS) is 13.6. The first-order chi connectivity index (χ1) is 10.4. The van der Waals surface area contributed by atoms with Gasteiger partial charge in [0, 0.05) is 0 Å². The Morgan fingerprint density at radius 1 is 1.41 bits per heavy atom. The van der Waals surface area contributed by atoms with Crippen molar-refractivity contribution in [1.82, 2.24) is 9.97 Å². The van der Waals surface area contributed by atoms with Gasteiger partial charge in [0.15, 0.2) is 6.04 Å². The molecule has 2 aromatic heterocycles. The van der Waals surface area contributed by atoms with Crippen LogP contribution in [0.1, 0.15) is 22.2 Å². The lowest BCUT2D eigenvalue weighted by Gasteiger charge is -2.18. The van der Waals surface area contributed by atoms with Crippen molar-refractivity contribution in [1.29, 1.82) is 0 Å². The predicted octanol–water partition coefficient (Wildman–Crippen LogP) is 1.03. The van der Waals surface area contributed by atoms with Crippen LogP contribution in [0.15, 0.2) is 6.33 Å². The van der Waals surface area contributed by atoms with E-state index in [0.29, 0.717) is 20.7 Å². The number of methoxy groups -OCH3 is 1. The monoisotopic (exact) mass is 325 g/mol. The minimum absolute atomic E-state index is 0.252. The van der Waals surface area contributed by atoms with Crippen LogP contribution >= 0.6 is 11.3 Å². The van der Waals surface area contributed by atoms with Crippen molar-refractivity contribution in [2.45, 2.75) is 26.0 Å². The van der Waals surface area contributed by atoms with Gasteiger partial charge in [-0.3, -0.25) is 0 Å². The molecule has 2 heterocycles. The number of ether oxygens (including phenoxy) is 1. The summed E-state index contributed by atoms with van der Waals surface area (Å²) in [6.45, 7) is 3.07. The lowest BCUT2D eigenvalue weighted by molar-refractivity contribution is -0.140. The fourth-order valence-electron chi connectivity index (χ4n) is 2.00. The summed E-state index contributed by atoms with van der Waals surface area (Å²) in [6.07, 6.45) is 0.143. The van der Waals surface area contributed by atoms with Gasteiger partial charge in [-0.25, -0.2) is 19.6 Å². The highest BCUT2D eigenvalue weighted by molar-refractivity contribution is 7.20. The van der Waals surface area contributed by atoms with Gasteiger partial charge >= 0.3 is 11.9 Å². The third-order valence-corrected chi connectivity index (χ3v) is 4.32. The fourth-order valence-corrected chi connectivity index (χ4v) is 3.07. The number of aliphatic carboxylic acids is 1. The summed E-state index contributed by atoms with van der Waals surface area (Å²) in [5.41, 5.74) is 0.602. The number of aliphatic hydroxyl groups is 1. The number of hydrogen-bond acceptors (Lipinski definition) is 8. The summed E-state index contributed by atoms with van der Waals surface area (Å²) in [4.78, 5) is 32.0. The number of fused-ring (bicyclic) bond motifs is 1. The van der Waals surface area contributed by atoms with E-state index in [4.69, 9.17) is 9.84 Å². The number of aliphatic hydroxyl groups excluding tert-OH is 1. The zero-order valence-electron chi connectivity index (χ0n) is 12.2. The minimum Gasteiger partial charge on any atom is -0.480 e. The summed E-state index contributed by atoms with van der Waals surface area (Å²) in [5.74, 6) is -1.44. The average Bonchev–Trinajstić information content (AvgIpc) is 2.81. The Kier molecular flexibility index (Phi) is 4.57. The Bertz CT molecular complexity index is 728. The van der Waals surface area contributed by atoms with Crippen LogP contribution < -0.4 is 5.32 Å². The van der Waals surface area contributed by atoms with Crippen LogP contribution in [0.5, 0.6) is 0 Å². The Hall–Kier alpha value is -2.26. The van der Waals surface area contributed by atoms with Crippen LogP contribution in [0.4, 0.5) is 5.82 Å². The van der Waals surface area contributed by atoms with Crippen LogP contribution in [0.2, 0.25) is 0 Å². The molecule has 118 valence electrons. The molecule has 0 aliphatic carbocycles. The van der Waals surface area contributed by atoms with E-state index in [1.54, 1.807) is 6.92 Å². The number of esters is 1. The molecule has 0 fully saturated rings. The summed E-state index contributed by atoms with van der Waals surface area (Å²) >= 11 is 1.14. The molecule has 0 aliphatic heterocycles. The predicted molar refractivity (Wildman–Crippen MR) is 80.2 cm³/mol. The van der Waals surface area contributed by atoms with Crippen LogP contribution in [0, 0.1) is 6.92 Å². The van der Waals surface area contributed by atoms with Crippen molar-refractivity contribution >= 4 is 39.3 Å². The van der Waals surface area contributed by atoms with Crippen molar-refractivity contribution in [3.8, 4) is 0 Å². The van der Waals surface area contributed by atoms with Gasteiger partial charge in [-0.05, 0) is 19.4 Å². The standard InChI is InChI=1S/C13H15N3O5S/c1-5-7-10(16-8(6(2)17)12(18)19)14-4-15-11(7)22-9(5)13(20)21-3/h4,6,8,17H,1-3H3,(H,18,19)(H,14,15,16). The fraction of sp³-hybridized carbons (Fsp3) is 0.385. The topological polar surface area (TPSA) is 122 Å². The van der Waals surface area contributed by atoms with E-state index in [0.717, 1.165) is 11.3 Å². The average molecular weight is 325 g/mol. The van der Waals surface area contributed by atoms with E-state index in [-0.39, 0.29) is 5.82 Å². The molecule has 0 spiro atoms. The lowest BCUT2D eigenvalue weighted by Crippen LogP contribution is -2.39. The summed E-state index contributed by atoms with van der Waals surface area (Å²) in [5, 5.41) is 21.9. The van der Waals surface area contributed by atoms with E-state index in [1.165, 1.54) is 20.4 Å². The molecule has 0 radical (unpaired) electrons. The number of carboxylic acids is 1. The summed E-state index contributed by atoms with van der Waals surface area (Å²) < 4.78 is 4.71. The number of nitrogens with one attached hydrogen (secondary N) is 1. The highest BCUT2D eigenvalue weighted by Gasteiger charge is 2.26. The van der Waals surface area contributed by atoms with Crippen molar-refractivity contribution < 1.29 is 24.5 Å². The van der Waals surface area contributed by atoms with E-state index in [1.807, 2.05) is 0 Å². The molecule has 0 amide bonds. The maximum absolute atomic E-state index is 11.7. The summed E-state index contributed by atoms with van der Waals surface area (Å²) in [7, 11) is 1.28. The molecule has 3 N–H and O–H groups in total. The molecule has 0 aromatic carbocycles. The second-order valence-corrected chi connectivity index (χ2v) is 5.65. The number of thiophene rings is 1. The van der Waals surface area contributed by atoms with Gasteiger partial charge in [0.2, 0.25) is 0 Å². The van der Waals surface area contributed by atoms with Gasteiger partial charge in [-0.1, -0.05) is 0 Å². The minimum atomic E-state index is -1.22. The Balaban J connectivity index is 2.53. The maximum atomic E-state index is 11.7. The molecular weight excluding hydrogens is 310 g/mol. The Labute approximate surface area is 129 Å². The summed E-state index contributed by atoms with van der Waals surface area (Å²) in [6, 6.07) is -1.22.